The molecule has 0 fully saturated rings. The molecule has 3 rings (SSSR count). The van der Waals surface area contributed by atoms with Crippen LogP contribution in [0, 0.1) is 11.6 Å². The number of rotatable bonds is 6. The summed E-state index contributed by atoms with van der Waals surface area (Å²) in [5.41, 5.74) is 0.144. The Morgan fingerprint density at radius 3 is 2.96 bits per heavy atom. The van der Waals surface area contributed by atoms with Crippen molar-refractivity contribution in [2.75, 3.05) is 10.5 Å². The van der Waals surface area contributed by atoms with Crippen LogP contribution in [-0.4, -0.2) is 21.5 Å². The van der Waals surface area contributed by atoms with Crippen LogP contribution in [0.4, 0.5) is 14.5 Å². The van der Waals surface area contributed by atoms with E-state index in [9.17, 15) is 13.6 Å². The molecular weight excluding hydrogens is 412 g/mol. The van der Waals surface area contributed by atoms with Gasteiger partial charge in [0.25, 0.3) is 0 Å². The van der Waals surface area contributed by atoms with Crippen LogP contribution in [0.15, 0.2) is 35.1 Å². The second kappa shape index (κ2) is 7.53. The molecule has 2 aromatic heterocycles. The van der Waals surface area contributed by atoms with Crippen molar-refractivity contribution in [2.24, 2.45) is 0 Å². The van der Waals surface area contributed by atoms with E-state index in [1.807, 2.05) is 6.92 Å². The molecule has 1 aromatic carbocycles. The summed E-state index contributed by atoms with van der Waals surface area (Å²) in [6.45, 7) is 1.99. The van der Waals surface area contributed by atoms with Crippen LogP contribution in [0.3, 0.4) is 0 Å². The lowest BCUT2D eigenvalue weighted by Crippen LogP contribution is -2.09. The summed E-state index contributed by atoms with van der Waals surface area (Å²) in [5, 5.41) is 0.497. The number of aromatic nitrogens is 2. The number of fused-ring (bicyclic) bond motifs is 1. The molecule has 0 aliphatic carbocycles. The number of ketones is 1. The monoisotopic (exact) mass is 425 g/mol. The molecule has 0 amide bonds. The van der Waals surface area contributed by atoms with E-state index in [-0.39, 0.29) is 11.3 Å². The van der Waals surface area contributed by atoms with Gasteiger partial charge in [0, 0.05) is 33.6 Å². The molecule has 0 saturated heterocycles. The lowest BCUT2D eigenvalue weighted by atomic mass is 10.0. The van der Waals surface area contributed by atoms with Crippen molar-refractivity contribution >= 4 is 50.4 Å². The van der Waals surface area contributed by atoms with Crippen molar-refractivity contribution in [3.8, 4) is 0 Å². The summed E-state index contributed by atoms with van der Waals surface area (Å²) >= 11 is 4.59. The molecule has 0 bridgehead atoms. The highest BCUT2D eigenvalue weighted by atomic mass is 79.9. The molecule has 0 aliphatic rings. The van der Waals surface area contributed by atoms with Gasteiger partial charge in [-0.05, 0) is 40.5 Å². The van der Waals surface area contributed by atoms with Gasteiger partial charge in [-0.1, -0.05) is 18.9 Å². The summed E-state index contributed by atoms with van der Waals surface area (Å²) < 4.78 is 32.4. The third kappa shape index (κ3) is 3.55. The SMILES string of the molecule is CCCSNc1ccc(F)c(C(=O)c2c[nH]c3ncc(Br)cc23)c1F. The number of nitrogens with zero attached hydrogens (tertiary/aromatic N) is 1. The van der Waals surface area contributed by atoms with Crippen LogP contribution >= 0.6 is 27.9 Å². The average Bonchev–Trinajstić information content (AvgIpc) is 3.00. The number of pyridine rings is 1. The number of aromatic amines is 1. The molecule has 4 nitrogen and oxygen atoms in total. The summed E-state index contributed by atoms with van der Waals surface area (Å²) in [5.74, 6) is -1.76. The van der Waals surface area contributed by atoms with Crippen molar-refractivity contribution in [3.05, 3.63) is 57.8 Å². The number of carbonyl (C=O) groups excluding carboxylic acids is 1. The molecule has 3 aromatic rings. The molecule has 0 unspecified atom stereocenters. The van der Waals surface area contributed by atoms with Gasteiger partial charge in [0.05, 0.1) is 11.3 Å². The highest BCUT2D eigenvalue weighted by molar-refractivity contribution is 9.10. The Labute approximate surface area is 155 Å². The topological polar surface area (TPSA) is 57.8 Å². The van der Waals surface area contributed by atoms with Gasteiger partial charge in [0.2, 0.25) is 5.78 Å². The highest BCUT2D eigenvalue weighted by Gasteiger charge is 2.24. The average molecular weight is 426 g/mol. The number of anilines is 1. The molecule has 0 aliphatic heterocycles. The predicted molar refractivity (Wildman–Crippen MR) is 100.0 cm³/mol. The molecule has 0 spiro atoms. The summed E-state index contributed by atoms with van der Waals surface area (Å²) in [6.07, 6.45) is 3.89. The van der Waals surface area contributed by atoms with Crippen molar-refractivity contribution < 1.29 is 13.6 Å². The second-order valence-electron chi connectivity index (χ2n) is 5.32. The van der Waals surface area contributed by atoms with Gasteiger partial charge in [0.1, 0.15) is 11.5 Å². The molecule has 8 heteroatoms. The van der Waals surface area contributed by atoms with Crippen molar-refractivity contribution in [1.29, 1.82) is 0 Å². The zero-order valence-electron chi connectivity index (χ0n) is 13.2. The summed E-state index contributed by atoms with van der Waals surface area (Å²) in [6, 6.07) is 4.06. The van der Waals surface area contributed by atoms with Crippen LogP contribution < -0.4 is 4.72 Å². The van der Waals surface area contributed by atoms with Gasteiger partial charge >= 0.3 is 0 Å². The number of carbonyl (C=O) groups is 1. The molecule has 2 heterocycles. The Morgan fingerprint density at radius 2 is 2.20 bits per heavy atom. The second-order valence-corrected chi connectivity index (χ2v) is 7.13. The number of hydrogen-bond acceptors (Lipinski definition) is 4. The number of halogens is 3. The first-order valence-corrected chi connectivity index (χ1v) is 9.34. The Balaban J connectivity index is 2.03. The maximum absolute atomic E-state index is 14.7. The lowest BCUT2D eigenvalue weighted by molar-refractivity contribution is 0.103. The van der Waals surface area contributed by atoms with Crippen LogP contribution in [0.25, 0.3) is 11.0 Å². The Bertz CT molecular complexity index is 945. The summed E-state index contributed by atoms with van der Waals surface area (Å²) in [7, 11) is 0. The first-order chi connectivity index (χ1) is 12.0. The van der Waals surface area contributed by atoms with Crippen LogP contribution in [0.1, 0.15) is 29.3 Å². The van der Waals surface area contributed by atoms with Gasteiger partial charge in [-0.25, -0.2) is 13.8 Å². The molecular formula is C17H14BrF2N3OS. The summed E-state index contributed by atoms with van der Waals surface area (Å²) in [4.78, 5) is 19.8. The lowest BCUT2D eigenvalue weighted by Gasteiger charge is -2.10. The van der Waals surface area contributed by atoms with Gasteiger partial charge in [0.15, 0.2) is 5.82 Å². The van der Waals surface area contributed by atoms with Gasteiger partial charge in [-0.2, -0.15) is 0 Å². The van der Waals surface area contributed by atoms with Gasteiger partial charge < -0.3 is 9.71 Å². The number of nitrogens with one attached hydrogen (secondary N) is 2. The molecule has 25 heavy (non-hydrogen) atoms. The standard InChI is InChI=1S/C17H14BrF2N3OS/c1-2-5-25-23-13-4-3-12(19)14(15(13)20)16(24)11-8-22-17-10(11)6-9(18)7-21-17/h3-4,6-8,23H,2,5H2,1H3,(H,21,22). The van der Waals surface area contributed by atoms with E-state index in [4.69, 9.17) is 0 Å². The van der Waals surface area contributed by atoms with Crippen LogP contribution in [0.5, 0.6) is 0 Å². The van der Waals surface area contributed by atoms with Crippen molar-refractivity contribution in [3.63, 3.8) is 0 Å². The fraction of sp³-hybridized carbons (Fsp3) is 0.176. The smallest absolute Gasteiger partial charge is 0.201 e. The maximum atomic E-state index is 14.7. The zero-order chi connectivity index (χ0) is 18.0. The maximum Gasteiger partial charge on any atom is 0.201 e. The number of H-pyrrole nitrogens is 1. The Kier molecular flexibility index (Phi) is 5.39. The fourth-order valence-corrected chi connectivity index (χ4v) is 3.32. The first-order valence-electron chi connectivity index (χ1n) is 7.56. The van der Waals surface area contributed by atoms with E-state index in [2.05, 4.69) is 30.6 Å². The van der Waals surface area contributed by atoms with E-state index in [1.165, 1.54) is 24.2 Å². The third-order valence-electron chi connectivity index (χ3n) is 3.55. The minimum Gasteiger partial charge on any atom is -0.345 e. The number of benzene rings is 1. The quantitative estimate of drug-likeness (QED) is 0.319. The predicted octanol–water partition coefficient (Wildman–Crippen LogP) is 5.30. The minimum atomic E-state index is -0.897. The molecule has 2 N–H and O–H groups in total. The van der Waals surface area contributed by atoms with E-state index < -0.39 is 23.0 Å². The van der Waals surface area contributed by atoms with Crippen LogP contribution in [0.2, 0.25) is 0 Å². The van der Waals surface area contributed by atoms with E-state index in [0.717, 1.165) is 18.2 Å². The largest absolute Gasteiger partial charge is 0.345 e. The zero-order valence-corrected chi connectivity index (χ0v) is 15.6. The van der Waals surface area contributed by atoms with E-state index in [1.54, 1.807) is 12.3 Å². The number of hydrogen-bond donors (Lipinski definition) is 2. The Hall–Kier alpha value is -1.93. The first kappa shape index (κ1) is 17.9. The minimum absolute atomic E-state index is 0.0855. The molecule has 0 radical (unpaired) electrons. The van der Waals surface area contributed by atoms with Crippen molar-refractivity contribution in [1.82, 2.24) is 9.97 Å². The molecule has 0 saturated carbocycles. The van der Waals surface area contributed by atoms with Gasteiger partial charge in [-0.3, -0.25) is 4.79 Å². The normalized spacial score (nSPS) is 11.0. The van der Waals surface area contributed by atoms with Crippen LogP contribution in [-0.2, 0) is 0 Å². The van der Waals surface area contributed by atoms with E-state index in [0.29, 0.717) is 15.5 Å². The molecule has 130 valence electrons. The van der Waals surface area contributed by atoms with Gasteiger partial charge in [-0.15, -0.1) is 0 Å². The van der Waals surface area contributed by atoms with Crippen molar-refractivity contribution in [2.45, 2.75) is 13.3 Å². The highest BCUT2D eigenvalue weighted by Crippen LogP contribution is 2.28. The third-order valence-corrected chi connectivity index (χ3v) is 4.96. The molecule has 0 atom stereocenters. The van der Waals surface area contributed by atoms with E-state index >= 15 is 0 Å². The Morgan fingerprint density at radius 1 is 1.40 bits per heavy atom. The fourth-order valence-electron chi connectivity index (χ4n) is 2.37.